The molecule has 3 aromatic rings. The van der Waals surface area contributed by atoms with Crippen molar-refractivity contribution in [1.82, 2.24) is 19.6 Å². The number of piperidine rings is 1. The Hall–Kier alpha value is -2.54. The van der Waals surface area contributed by atoms with Crippen LogP contribution in [0.1, 0.15) is 66.6 Å². The average Bonchev–Trinajstić information content (AvgIpc) is 3.27. The molecule has 2 aliphatic heterocycles. The van der Waals surface area contributed by atoms with Crippen LogP contribution in [0.4, 0.5) is 4.39 Å². The highest BCUT2D eigenvalue weighted by Gasteiger charge is 2.25. The maximum absolute atomic E-state index is 13.7. The van der Waals surface area contributed by atoms with Gasteiger partial charge in [-0.15, -0.1) is 0 Å². The third-order valence-corrected chi connectivity index (χ3v) is 5.47. The van der Waals surface area contributed by atoms with Crippen LogP contribution in [0.5, 0.6) is 0 Å². The molecule has 5 rings (SSSR count). The largest absolute Gasteiger partial charge is 0.356 e. The first-order valence-electron chi connectivity index (χ1n) is 14.4. The zero-order valence-corrected chi connectivity index (χ0v) is 16.5. The molecule has 1 aromatic carbocycles. The Morgan fingerprint density at radius 1 is 1.33 bits per heavy atom. The van der Waals surface area contributed by atoms with E-state index in [9.17, 15) is 9.18 Å². The van der Waals surface area contributed by atoms with E-state index in [1.165, 1.54) is 4.57 Å². The van der Waals surface area contributed by atoms with Crippen molar-refractivity contribution in [2.75, 3.05) is 19.5 Å². The summed E-state index contributed by atoms with van der Waals surface area (Å²) in [6.45, 7) is -5.00. The SMILES string of the molecule is [2H]C1([2H])N(CCc2c(C)nc3n(c2=O)CCCC3)C([2H])([2H])C([2H])([2H])C([2H])(c2noc3cc(F)ccc23)C1([2H])[2H]. The molecule has 6 nitrogen and oxygen atoms in total. The lowest BCUT2D eigenvalue weighted by molar-refractivity contribution is 0.211. The fraction of sp³-hybridized carbons (Fsp3) is 0.522. The van der Waals surface area contributed by atoms with E-state index in [2.05, 4.69) is 10.1 Å². The van der Waals surface area contributed by atoms with Crippen LogP contribution in [0.15, 0.2) is 27.5 Å². The summed E-state index contributed by atoms with van der Waals surface area (Å²) in [7, 11) is 0. The van der Waals surface area contributed by atoms with Gasteiger partial charge in [0.1, 0.15) is 11.6 Å². The third kappa shape index (κ3) is 3.55. The molecular formula is C23H27FN4O2. The molecule has 0 aliphatic carbocycles. The summed E-state index contributed by atoms with van der Waals surface area (Å²) >= 11 is 0. The Morgan fingerprint density at radius 3 is 3.00 bits per heavy atom. The number of aryl methyl sites for hydroxylation is 2. The van der Waals surface area contributed by atoms with Gasteiger partial charge in [-0.2, -0.15) is 0 Å². The first-order chi connectivity index (χ1) is 18.0. The molecule has 0 spiro atoms. The molecule has 0 radical (unpaired) electrons. The summed E-state index contributed by atoms with van der Waals surface area (Å²) in [6, 6.07) is 2.99. The molecule has 2 aliphatic rings. The highest BCUT2D eigenvalue weighted by molar-refractivity contribution is 5.79. The number of nitrogens with zero attached hydrogens (tertiary/aromatic N) is 4. The zero-order valence-electron chi connectivity index (χ0n) is 25.5. The van der Waals surface area contributed by atoms with Crippen LogP contribution < -0.4 is 5.56 Å². The van der Waals surface area contributed by atoms with Crippen LogP contribution in [-0.4, -0.2) is 39.1 Å². The van der Waals surface area contributed by atoms with Crippen LogP contribution in [0.3, 0.4) is 0 Å². The lowest BCUT2D eigenvalue weighted by Crippen LogP contribution is -2.37. The minimum Gasteiger partial charge on any atom is -0.356 e. The van der Waals surface area contributed by atoms with Crippen molar-refractivity contribution in [3.05, 3.63) is 57.1 Å². The van der Waals surface area contributed by atoms with Crippen molar-refractivity contribution in [2.24, 2.45) is 0 Å². The van der Waals surface area contributed by atoms with E-state index < -0.39 is 49.7 Å². The molecule has 0 atom stereocenters. The van der Waals surface area contributed by atoms with Crippen molar-refractivity contribution < 1.29 is 21.3 Å². The molecule has 0 N–H and O–H groups in total. The summed E-state index contributed by atoms with van der Waals surface area (Å²) < 4.78 is 99.2. The molecule has 158 valence electrons. The molecule has 1 fully saturated rings. The van der Waals surface area contributed by atoms with E-state index in [-0.39, 0.29) is 28.5 Å². The molecule has 2 aromatic heterocycles. The summed E-state index contributed by atoms with van der Waals surface area (Å²) in [5.41, 5.74) is -0.637. The van der Waals surface area contributed by atoms with Crippen molar-refractivity contribution in [2.45, 2.75) is 57.8 Å². The van der Waals surface area contributed by atoms with Crippen LogP contribution in [0.25, 0.3) is 11.0 Å². The molecular weight excluding hydrogens is 383 g/mol. The highest BCUT2D eigenvalue weighted by Crippen LogP contribution is 2.32. The molecule has 0 unspecified atom stereocenters. The molecule has 0 bridgehead atoms. The van der Waals surface area contributed by atoms with Crippen LogP contribution in [0.2, 0.25) is 0 Å². The number of fused-ring (bicyclic) bond motifs is 2. The summed E-state index contributed by atoms with van der Waals surface area (Å²) in [4.78, 5) is 18.1. The van der Waals surface area contributed by atoms with E-state index in [1.807, 2.05) is 0 Å². The fourth-order valence-electron chi connectivity index (χ4n) is 3.87. The van der Waals surface area contributed by atoms with Crippen molar-refractivity contribution in [3.8, 4) is 0 Å². The normalized spacial score (nSPS) is 30.3. The first kappa shape index (κ1) is 11.7. The van der Waals surface area contributed by atoms with Gasteiger partial charge in [-0.25, -0.2) is 9.37 Å². The minimum absolute atomic E-state index is 0.136. The molecule has 1 saturated heterocycles. The molecule has 0 amide bonds. The van der Waals surface area contributed by atoms with Crippen molar-refractivity contribution >= 4 is 11.0 Å². The first-order valence-corrected chi connectivity index (χ1v) is 9.92. The van der Waals surface area contributed by atoms with Gasteiger partial charge in [0.05, 0.1) is 5.69 Å². The average molecular weight is 420 g/mol. The number of benzene rings is 1. The number of likely N-dealkylation sites (tertiary alicyclic amines) is 1. The molecule has 4 heterocycles. The zero-order chi connectivity index (χ0) is 28.8. The topological polar surface area (TPSA) is 64.2 Å². The maximum atomic E-state index is 13.7. The molecule has 30 heavy (non-hydrogen) atoms. The molecule has 7 heteroatoms. The highest BCUT2D eigenvalue weighted by atomic mass is 19.1. The van der Waals surface area contributed by atoms with Crippen LogP contribution >= 0.6 is 0 Å². The van der Waals surface area contributed by atoms with Gasteiger partial charge in [-0.05, 0) is 64.1 Å². The monoisotopic (exact) mass is 419 g/mol. The van der Waals surface area contributed by atoms with E-state index in [4.69, 9.17) is 16.9 Å². The number of aromatic nitrogens is 3. The van der Waals surface area contributed by atoms with Crippen LogP contribution in [0, 0.1) is 12.7 Å². The minimum atomic E-state index is -3.41. The Morgan fingerprint density at radius 2 is 2.17 bits per heavy atom. The van der Waals surface area contributed by atoms with Gasteiger partial charge in [0.25, 0.3) is 5.56 Å². The Labute approximate surface area is 187 Å². The Balaban J connectivity index is 1.60. The summed E-state index contributed by atoms with van der Waals surface area (Å²) in [5.74, 6) is -3.35. The number of halogens is 1. The van der Waals surface area contributed by atoms with Gasteiger partial charge in [-0.1, -0.05) is 5.16 Å². The van der Waals surface area contributed by atoms with Gasteiger partial charge in [0.15, 0.2) is 5.58 Å². The number of hydrogen-bond acceptors (Lipinski definition) is 5. The fourth-order valence-corrected chi connectivity index (χ4v) is 3.87. The van der Waals surface area contributed by atoms with E-state index in [1.54, 1.807) is 6.92 Å². The summed E-state index contributed by atoms with van der Waals surface area (Å²) in [5, 5.41) is 3.49. The van der Waals surface area contributed by atoms with Crippen molar-refractivity contribution in [3.63, 3.8) is 0 Å². The third-order valence-electron chi connectivity index (χ3n) is 5.47. The lowest BCUT2D eigenvalue weighted by Gasteiger charge is -2.31. The predicted octanol–water partition coefficient (Wildman–Crippen LogP) is 3.59. The smallest absolute Gasteiger partial charge is 0.256 e. The van der Waals surface area contributed by atoms with Crippen LogP contribution in [-0.2, 0) is 19.4 Å². The second-order valence-electron chi connectivity index (χ2n) is 7.43. The van der Waals surface area contributed by atoms with Gasteiger partial charge < -0.3 is 9.42 Å². The van der Waals surface area contributed by atoms with Gasteiger partial charge in [0, 0.05) is 60.5 Å². The Bertz CT molecular complexity index is 1490. The van der Waals surface area contributed by atoms with Crippen molar-refractivity contribution in [1.29, 1.82) is 0 Å². The van der Waals surface area contributed by atoms with Gasteiger partial charge in [-0.3, -0.25) is 9.36 Å². The van der Waals surface area contributed by atoms with Gasteiger partial charge in [0.2, 0.25) is 0 Å². The lowest BCUT2D eigenvalue weighted by atomic mass is 9.91. The second kappa shape index (κ2) is 7.95. The van der Waals surface area contributed by atoms with E-state index >= 15 is 0 Å². The predicted molar refractivity (Wildman–Crippen MR) is 112 cm³/mol. The number of rotatable bonds is 4. The van der Waals surface area contributed by atoms with Gasteiger partial charge >= 0.3 is 0 Å². The quantitative estimate of drug-likeness (QED) is 0.647. The summed E-state index contributed by atoms with van der Waals surface area (Å²) in [6.07, 6.45) is -4.71. The standard InChI is InChI=1S/C23H27FN4O2/c1-15-18(23(29)28-10-3-2-4-21(28)25-15)9-13-27-11-7-16(8-12-27)22-19-6-5-17(24)14-20(19)30-26-22/h5-6,14,16H,2-4,7-13H2,1H3/i7D2,8D2,11D2,12D2,16D. The van der Waals surface area contributed by atoms with E-state index in [0.717, 1.165) is 31.0 Å². The second-order valence-corrected chi connectivity index (χ2v) is 7.43. The van der Waals surface area contributed by atoms with E-state index in [0.29, 0.717) is 29.4 Å². The number of hydrogen-bond donors (Lipinski definition) is 0. The molecule has 0 saturated carbocycles. The maximum Gasteiger partial charge on any atom is 0.256 e. The Kier molecular flexibility index (Phi) is 3.11.